The van der Waals surface area contributed by atoms with E-state index in [-0.39, 0.29) is 0 Å². The predicted octanol–water partition coefficient (Wildman–Crippen LogP) is 11.5. The first-order valence-corrected chi connectivity index (χ1v) is 18.6. The Morgan fingerprint density at radius 3 is 1.64 bits per heavy atom. The quantitative estimate of drug-likeness (QED) is 0.171. The molecule has 0 N–H and O–H groups in total. The van der Waals surface area contributed by atoms with Crippen molar-refractivity contribution in [2.45, 2.75) is 0 Å². The minimum Gasteiger partial charge on any atom is -0.316 e. The highest BCUT2D eigenvalue weighted by Crippen LogP contribution is 2.39. The van der Waals surface area contributed by atoms with Crippen LogP contribution in [0.4, 0.5) is 0 Å². The fourth-order valence-corrected chi connectivity index (χ4v) is 7.81. The van der Waals surface area contributed by atoms with Crippen molar-refractivity contribution in [3.05, 3.63) is 188 Å². The van der Waals surface area contributed by atoms with Crippen LogP contribution >= 0.6 is 0 Å². The number of hydrogen-bond donors (Lipinski definition) is 0. The molecular formula is C49H31N7. The Bertz CT molecular complexity index is 3170. The molecular weight excluding hydrogens is 687 g/mol. The summed E-state index contributed by atoms with van der Waals surface area (Å²) in [7, 11) is 0. The third-order valence-corrected chi connectivity index (χ3v) is 10.4. The normalized spacial score (nSPS) is 11.6. The van der Waals surface area contributed by atoms with Crippen LogP contribution in [0.3, 0.4) is 0 Å². The molecule has 0 spiro atoms. The van der Waals surface area contributed by atoms with E-state index in [4.69, 9.17) is 24.9 Å². The van der Waals surface area contributed by atoms with Crippen LogP contribution in [0.25, 0.3) is 101 Å². The molecule has 4 aromatic heterocycles. The molecule has 0 aliphatic rings. The van der Waals surface area contributed by atoms with Gasteiger partial charge in [-0.1, -0.05) is 121 Å². The van der Waals surface area contributed by atoms with Crippen molar-refractivity contribution in [2.24, 2.45) is 0 Å². The molecule has 0 aliphatic heterocycles. The molecule has 7 heteroatoms. The van der Waals surface area contributed by atoms with Crippen LogP contribution in [-0.2, 0) is 0 Å². The summed E-state index contributed by atoms with van der Waals surface area (Å²) in [4.78, 5) is 25.2. The van der Waals surface area contributed by atoms with Gasteiger partial charge in [0.05, 0.1) is 22.1 Å². The van der Waals surface area contributed by atoms with E-state index in [1.807, 2.05) is 84.9 Å². The van der Waals surface area contributed by atoms with Crippen molar-refractivity contribution in [2.75, 3.05) is 0 Å². The highest BCUT2D eigenvalue weighted by molar-refractivity contribution is 6.20. The van der Waals surface area contributed by atoms with Crippen molar-refractivity contribution < 1.29 is 0 Å². The van der Waals surface area contributed by atoms with E-state index in [2.05, 4.69) is 112 Å². The SMILES string of the molecule is c1ccc(-c2nc(-c3ccccc3)nc(-c3nc(-c4ccc(-n5c6ccccc6c6c7c(ccc65)ccn7-c5ccccc5)cc4)nc4ccccc34)n2)cc1. The Kier molecular flexibility index (Phi) is 7.35. The lowest BCUT2D eigenvalue weighted by Gasteiger charge is -2.12. The maximum Gasteiger partial charge on any atom is 0.183 e. The highest BCUT2D eigenvalue weighted by atomic mass is 15.1. The lowest BCUT2D eigenvalue weighted by molar-refractivity contribution is 1.06. The van der Waals surface area contributed by atoms with Crippen LogP contribution in [0.1, 0.15) is 0 Å². The zero-order chi connectivity index (χ0) is 37.0. The number of benzene rings is 7. The Labute approximate surface area is 321 Å². The van der Waals surface area contributed by atoms with Crippen molar-refractivity contribution in [1.29, 1.82) is 0 Å². The molecule has 11 rings (SSSR count). The summed E-state index contributed by atoms with van der Waals surface area (Å²) < 4.78 is 4.65. The predicted molar refractivity (Wildman–Crippen MR) is 226 cm³/mol. The Hall–Kier alpha value is -7.77. The monoisotopic (exact) mass is 717 g/mol. The zero-order valence-electron chi connectivity index (χ0n) is 30.0. The molecule has 56 heavy (non-hydrogen) atoms. The molecule has 0 amide bonds. The van der Waals surface area contributed by atoms with Gasteiger partial charge in [0.15, 0.2) is 23.3 Å². The zero-order valence-corrected chi connectivity index (χ0v) is 30.0. The number of rotatable bonds is 6. The van der Waals surface area contributed by atoms with Gasteiger partial charge in [-0.2, -0.15) is 0 Å². The smallest absolute Gasteiger partial charge is 0.183 e. The van der Waals surface area contributed by atoms with E-state index in [1.165, 1.54) is 21.7 Å². The average molecular weight is 718 g/mol. The van der Waals surface area contributed by atoms with Gasteiger partial charge in [-0.15, -0.1) is 0 Å². The molecule has 0 radical (unpaired) electrons. The summed E-state index contributed by atoms with van der Waals surface area (Å²) in [5.74, 6) is 2.26. The van der Waals surface area contributed by atoms with Crippen LogP contribution in [0.2, 0.25) is 0 Å². The van der Waals surface area contributed by atoms with E-state index in [0.29, 0.717) is 29.0 Å². The van der Waals surface area contributed by atoms with Gasteiger partial charge >= 0.3 is 0 Å². The highest BCUT2D eigenvalue weighted by Gasteiger charge is 2.20. The summed E-state index contributed by atoms with van der Waals surface area (Å²) in [5, 5.41) is 4.50. The number of para-hydroxylation sites is 3. The molecule has 0 unspecified atom stereocenters. The van der Waals surface area contributed by atoms with Crippen molar-refractivity contribution in [3.8, 4) is 57.1 Å². The molecule has 0 atom stereocenters. The van der Waals surface area contributed by atoms with Crippen molar-refractivity contribution >= 4 is 43.6 Å². The van der Waals surface area contributed by atoms with Crippen LogP contribution in [0.15, 0.2) is 188 Å². The number of aromatic nitrogens is 7. The lowest BCUT2D eigenvalue weighted by Crippen LogP contribution is -2.03. The maximum atomic E-state index is 5.20. The van der Waals surface area contributed by atoms with Gasteiger partial charge in [0.25, 0.3) is 0 Å². The molecule has 262 valence electrons. The molecule has 0 saturated carbocycles. The minimum absolute atomic E-state index is 0.492. The first kappa shape index (κ1) is 31.7. The van der Waals surface area contributed by atoms with Crippen molar-refractivity contribution in [3.63, 3.8) is 0 Å². The van der Waals surface area contributed by atoms with E-state index in [9.17, 15) is 0 Å². The third-order valence-electron chi connectivity index (χ3n) is 10.4. The third kappa shape index (κ3) is 5.25. The topological polar surface area (TPSA) is 74.3 Å². The molecule has 0 fully saturated rings. The summed E-state index contributed by atoms with van der Waals surface area (Å²) in [6.07, 6.45) is 2.17. The van der Waals surface area contributed by atoms with Gasteiger partial charge in [0, 0.05) is 55.8 Å². The average Bonchev–Trinajstić information content (AvgIpc) is 3.86. The van der Waals surface area contributed by atoms with Gasteiger partial charge in [-0.05, 0) is 60.7 Å². The summed E-state index contributed by atoms with van der Waals surface area (Å²) in [6, 6.07) is 62.4. The van der Waals surface area contributed by atoms with Crippen LogP contribution < -0.4 is 0 Å². The second kappa shape index (κ2) is 13.0. The Morgan fingerprint density at radius 1 is 0.357 bits per heavy atom. The number of nitrogens with zero attached hydrogens (tertiary/aromatic N) is 7. The molecule has 7 nitrogen and oxygen atoms in total. The fraction of sp³-hybridized carbons (Fsp3) is 0. The van der Waals surface area contributed by atoms with Gasteiger partial charge < -0.3 is 9.13 Å². The number of hydrogen-bond acceptors (Lipinski definition) is 5. The van der Waals surface area contributed by atoms with Gasteiger partial charge in [-0.25, -0.2) is 24.9 Å². The Morgan fingerprint density at radius 2 is 0.929 bits per heavy atom. The van der Waals surface area contributed by atoms with E-state index < -0.39 is 0 Å². The van der Waals surface area contributed by atoms with Gasteiger partial charge in [0.1, 0.15) is 5.69 Å². The van der Waals surface area contributed by atoms with Crippen molar-refractivity contribution in [1.82, 2.24) is 34.1 Å². The summed E-state index contributed by atoms with van der Waals surface area (Å²) in [5.41, 5.74) is 9.83. The van der Waals surface area contributed by atoms with E-state index in [0.717, 1.165) is 50.0 Å². The fourth-order valence-electron chi connectivity index (χ4n) is 7.81. The summed E-state index contributed by atoms with van der Waals surface area (Å²) in [6.45, 7) is 0. The molecule has 11 aromatic rings. The van der Waals surface area contributed by atoms with Gasteiger partial charge in [-0.3, -0.25) is 0 Å². The standard InChI is InChI=1S/C49H31N7/c1-4-14-33(15-5-1)47-52-48(34-16-6-2-7-17-34)54-49(53-47)44-38-20-10-12-22-40(38)50-46(51-44)35-24-27-37(28-25-35)56-41-23-13-11-21-39(41)43-42(56)29-26-32-30-31-55(45(32)43)36-18-8-3-9-19-36/h1-31H. The molecule has 4 heterocycles. The number of fused-ring (bicyclic) bond motifs is 6. The van der Waals surface area contributed by atoms with Crippen LogP contribution in [0.5, 0.6) is 0 Å². The first-order chi connectivity index (χ1) is 27.8. The summed E-state index contributed by atoms with van der Waals surface area (Å²) >= 11 is 0. The maximum absolute atomic E-state index is 5.20. The Balaban J connectivity index is 1.06. The first-order valence-electron chi connectivity index (χ1n) is 18.6. The van der Waals surface area contributed by atoms with E-state index in [1.54, 1.807) is 0 Å². The molecule has 0 saturated heterocycles. The van der Waals surface area contributed by atoms with E-state index >= 15 is 0 Å². The second-order valence-corrected chi connectivity index (χ2v) is 13.8. The second-order valence-electron chi connectivity index (χ2n) is 13.8. The van der Waals surface area contributed by atoms with Gasteiger partial charge in [0.2, 0.25) is 0 Å². The molecule has 7 aromatic carbocycles. The lowest BCUT2D eigenvalue weighted by atomic mass is 10.1. The van der Waals surface area contributed by atoms with Crippen LogP contribution in [-0.4, -0.2) is 34.1 Å². The molecule has 0 bridgehead atoms. The van der Waals surface area contributed by atoms with Crippen LogP contribution in [0, 0.1) is 0 Å². The minimum atomic E-state index is 0.492. The largest absolute Gasteiger partial charge is 0.316 e. The molecule has 0 aliphatic carbocycles.